The fourth-order valence-electron chi connectivity index (χ4n) is 2.67. The van der Waals surface area contributed by atoms with E-state index < -0.39 is 0 Å². The van der Waals surface area contributed by atoms with Crippen molar-refractivity contribution in [3.05, 3.63) is 42.5 Å². The van der Waals surface area contributed by atoms with Gasteiger partial charge in [0.1, 0.15) is 11.6 Å². The molecule has 0 amide bonds. The molecular weight excluding hydrogens is 250 g/mol. The van der Waals surface area contributed by atoms with Gasteiger partial charge in [-0.25, -0.2) is 9.97 Å². The summed E-state index contributed by atoms with van der Waals surface area (Å²) in [6, 6.07) is 4.66. The molecule has 20 heavy (non-hydrogen) atoms. The van der Waals surface area contributed by atoms with Crippen LogP contribution in [0.2, 0.25) is 0 Å². The van der Waals surface area contributed by atoms with E-state index in [1.807, 2.05) is 12.3 Å². The van der Waals surface area contributed by atoms with Crippen LogP contribution in [0.25, 0.3) is 0 Å². The van der Waals surface area contributed by atoms with Crippen LogP contribution in [-0.2, 0) is 0 Å². The molecule has 1 atom stereocenters. The van der Waals surface area contributed by atoms with E-state index in [2.05, 4.69) is 38.3 Å². The van der Waals surface area contributed by atoms with Crippen LogP contribution in [0.15, 0.2) is 36.9 Å². The van der Waals surface area contributed by atoms with E-state index in [-0.39, 0.29) is 0 Å². The number of aromatic nitrogens is 3. The summed E-state index contributed by atoms with van der Waals surface area (Å²) in [5, 5.41) is 3.15. The molecular formula is C15H19N5. The third-order valence-corrected chi connectivity index (χ3v) is 3.76. The molecule has 104 valence electrons. The number of anilines is 2. The van der Waals surface area contributed by atoms with Gasteiger partial charge >= 0.3 is 0 Å². The van der Waals surface area contributed by atoms with Gasteiger partial charge in [-0.05, 0) is 38.1 Å². The standard InChI is InChI=1S/C15H19N5/c1-20-9-3-2-4-13(20)12-5-6-14(18-10-12)19-15-11-16-7-8-17-15/h5-8,10-11,13H,2-4,9H2,1H3,(H,17,18,19). The van der Waals surface area contributed by atoms with Crippen molar-refractivity contribution < 1.29 is 0 Å². The van der Waals surface area contributed by atoms with Gasteiger partial charge in [0.2, 0.25) is 0 Å². The van der Waals surface area contributed by atoms with E-state index in [0.717, 1.165) is 5.82 Å². The van der Waals surface area contributed by atoms with Crippen LogP contribution in [0.1, 0.15) is 30.9 Å². The predicted octanol–water partition coefficient (Wildman–Crippen LogP) is 2.77. The highest BCUT2D eigenvalue weighted by Crippen LogP contribution is 2.29. The molecule has 5 heteroatoms. The molecule has 2 aromatic rings. The number of hydrogen-bond donors (Lipinski definition) is 1. The lowest BCUT2D eigenvalue weighted by Crippen LogP contribution is -2.29. The van der Waals surface area contributed by atoms with Gasteiger partial charge in [-0.3, -0.25) is 9.88 Å². The summed E-state index contributed by atoms with van der Waals surface area (Å²) in [6.45, 7) is 1.17. The highest BCUT2D eigenvalue weighted by atomic mass is 15.1. The number of piperidine rings is 1. The monoisotopic (exact) mass is 269 g/mol. The normalized spacial score (nSPS) is 19.8. The molecule has 0 aromatic carbocycles. The largest absolute Gasteiger partial charge is 0.324 e. The minimum atomic E-state index is 0.502. The van der Waals surface area contributed by atoms with Crippen molar-refractivity contribution in [3.8, 4) is 0 Å². The topological polar surface area (TPSA) is 53.9 Å². The van der Waals surface area contributed by atoms with Crippen molar-refractivity contribution >= 4 is 11.6 Å². The minimum Gasteiger partial charge on any atom is -0.324 e. The number of nitrogens with zero attached hydrogens (tertiary/aromatic N) is 4. The average molecular weight is 269 g/mol. The van der Waals surface area contributed by atoms with Crippen molar-refractivity contribution in [2.75, 3.05) is 18.9 Å². The zero-order valence-corrected chi connectivity index (χ0v) is 11.7. The number of likely N-dealkylation sites (tertiary alicyclic amines) is 1. The molecule has 0 saturated carbocycles. The molecule has 3 heterocycles. The maximum absolute atomic E-state index is 4.48. The molecule has 1 unspecified atom stereocenters. The number of rotatable bonds is 3. The summed E-state index contributed by atoms with van der Waals surface area (Å²) in [5.74, 6) is 1.51. The Hall–Kier alpha value is -2.01. The van der Waals surface area contributed by atoms with Crippen molar-refractivity contribution in [1.82, 2.24) is 19.9 Å². The Labute approximate surface area is 119 Å². The summed E-state index contributed by atoms with van der Waals surface area (Å²) < 4.78 is 0. The Bertz CT molecular complexity index is 540. The first-order chi connectivity index (χ1) is 9.83. The van der Waals surface area contributed by atoms with Crippen LogP contribution in [0.5, 0.6) is 0 Å². The Morgan fingerprint density at radius 3 is 2.75 bits per heavy atom. The van der Waals surface area contributed by atoms with Crippen LogP contribution >= 0.6 is 0 Å². The molecule has 3 rings (SSSR count). The summed E-state index contributed by atoms with van der Waals surface area (Å²) >= 11 is 0. The van der Waals surface area contributed by atoms with Crippen molar-refractivity contribution in [2.24, 2.45) is 0 Å². The molecule has 1 fully saturated rings. The molecule has 1 N–H and O–H groups in total. The van der Waals surface area contributed by atoms with Gasteiger partial charge in [-0.15, -0.1) is 0 Å². The van der Waals surface area contributed by atoms with E-state index in [1.165, 1.54) is 31.4 Å². The zero-order valence-electron chi connectivity index (χ0n) is 11.7. The summed E-state index contributed by atoms with van der Waals surface area (Å²) in [4.78, 5) is 15.1. The maximum atomic E-state index is 4.48. The Balaban J connectivity index is 1.71. The van der Waals surface area contributed by atoms with E-state index in [0.29, 0.717) is 11.9 Å². The van der Waals surface area contributed by atoms with Crippen molar-refractivity contribution in [2.45, 2.75) is 25.3 Å². The average Bonchev–Trinajstić information content (AvgIpc) is 2.50. The molecule has 0 spiro atoms. The molecule has 0 bridgehead atoms. The van der Waals surface area contributed by atoms with Crippen LogP contribution in [0, 0.1) is 0 Å². The minimum absolute atomic E-state index is 0.502. The van der Waals surface area contributed by atoms with Gasteiger partial charge in [0.05, 0.1) is 6.20 Å². The third-order valence-electron chi connectivity index (χ3n) is 3.76. The lowest BCUT2D eigenvalue weighted by Gasteiger charge is -2.32. The molecule has 1 saturated heterocycles. The van der Waals surface area contributed by atoms with Gasteiger partial charge in [0, 0.05) is 24.6 Å². The molecule has 1 aliphatic heterocycles. The summed E-state index contributed by atoms with van der Waals surface area (Å²) in [6.07, 6.45) is 10.8. The predicted molar refractivity (Wildman–Crippen MR) is 78.8 cm³/mol. The second-order valence-corrected chi connectivity index (χ2v) is 5.18. The maximum Gasteiger partial charge on any atom is 0.150 e. The second-order valence-electron chi connectivity index (χ2n) is 5.18. The van der Waals surface area contributed by atoms with Crippen molar-refractivity contribution in [3.63, 3.8) is 0 Å². The third kappa shape index (κ3) is 2.93. The Kier molecular flexibility index (Phi) is 3.87. The smallest absolute Gasteiger partial charge is 0.150 e. The van der Waals surface area contributed by atoms with Crippen LogP contribution < -0.4 is 5.32 Å². The first-order valence-corrected chi connectivity index (χ1v) is 7.02. The van der Waals surface area contributed by atoms with E-state index in [1.54, 1.807) is 18.6 Å². The van der Waals surface area contributed by atoms with Gasteiger partial charge in [-0.2, -0.15) is 0 Å². The molecule has 1 aliphatic rings. The first kappa shape index (κ1) is 13.0. The summed E-state index contributed by atoms with van der Waals surface area (Å²) in [7, 11) is 2.19. The zero-order chi connectivity index (χ0) is 13.8. The summed E-state index contributed by atoms with van der Waals surface area (Å²) in [5.41, 5.74) is 1.29. The highest BCUT2D eigenvalue weighted by Gasteiger charge is 2.20. The van der Waals surface area contributed by atoms with Gasteiger partial charge < -0.3 is 5.32 Å². The van der Waals surface area contributed by atoms with Crippen LogP contribution in [0.3, 0.4) is 0 Å². The molecule has 0 radical (unpaired) electrons. The molecule has 0 aliphatic carbocycles. The van der Waals surface area contributed by atoms with E-state index in [4.69, 9.17) is 0 Å². The van der Waals surface area contributed by atoms with Crippen LogP contribution in [-0.4, -0.2) is 33.4 Å². The number of nitrogens with one attached hydrogen (secondary N) is 1. The van der Waals surface area contributed by atoms with Crippen LogP contribution in [0.4, 0.5) is 11.6 Å². The lowest BCUT2D eigenvalue weighted by molar-refractivity contribution is 0.187. The van der Waals surface area contributed by atoms with E-state index >= 15 is 0 Å². The lowest BCUT2D eigenvalue weighted by atomic mass is 9.97. The first-order valence-electron chi connectivity index (χ1n) is 7.02. The fraction of sp³-hybridized carbons (Fsp3) is 0.400. The number of pyridine rings is 1. The van der Waals surface area contributed by atoms with Gasteiger partial charge in [-0.1, -0.05) is 12.5 Å². The van der Waals surface area contributed by atoms with Crippen molar-refractivity contribution in [1.29, 1.82) is 0 Å². The highest BCUT2D eigenvalue weighted by molar-refractivity contribution is 5.50. The molecule has 5 nitrogen and oxygen atoms in total. The number of hydrogen-bond acceptors (Lipinski definition) is 5. The fourth-order valence-corrected chi connectivity index (χ4v) is 2.67. The Morgan fingerprint density at radius 2 is 2.05 bits per heavy atom. The van der Waals surface area contributed by atoms with E-state index in [9.17, 15) is 0 Å². The molecule has 2 aromatic heterocycles. The Morgan fingerprint density at radius 1 is 1.10 bits per heavy atom. The van der Waals surface area contributed by atoms with Gasteiger partial charge in [0.15, 0.2) is 0 Å². The van der Waals surface area contributed by atoms with Gasteiger partial charge in [0.25, 0.3) is 0 Å². The SMILES string of the molecule is CN1CCCCC1c1ccc(Nc2cnccn2)nc1. The second kappa shape index (κ2) is 5.96. The quantitative estimate of drug-likeness (QED) is 0.928.